The molecule has 0 aliphatic heterocycles. The fourth-order valence-electron chi connectivity index (χ4n) is 2.85. The average Bonchev–Trinajstić information content (AvgIpc) is 2.72. The lowest BCUT2D eigenvalue weighted by Gasteiger charge is -2.20. The molecule has 2 aromatic carbocycles. The van der Waals surface area contributed by atoms with Gasteiger partial charge in [-0.25, -0.2) is 4.79 Å². The number of hydrogen-bond acceptors (Lipinski definition) is 5. The largest absolute Gasteiger partial charge is 0.479 e. The second-order valence-corrected chi connectivity index (χ2v) is 6.99. The summed E-state index contributed by atoms with van der Waals surface area (Å²) in [6.07, 6.45) is -1.81. The van der Waals surface area contributed by atoms with Crippen LogP contribution in [0.1, 0.15) is 12.0 Å². The highest BCUT2D eigenvalue weighted by Gasteiger charge is 2.24. The maximum atomic E-state index is 12.1. The molecule has 2 amide bonds. The van der Waals surface area contributed by atoms with E-state index in [4.69, 9.17) is 16.7 Å². The zero-order valence-corrected chi connectivity index (χ0v) is 17.1. The third kappa shape index (κ3) is 6.84. The number of nitrogens with one attached hydrogen (secondary N) is 2. The molecular formula is C21H23ClN2O6. The minimum atomic E-state index is -1.70. The van der Waals surface area contributed by atoms with Crippen molar-refractivity contribution in [3.8, 4) is 11.1 Å². The first-order valence-electron chi connectivity index (χ1n) is 9.14. The SMILES string of the molecule is COCNC(=O)C(=O)N[C@H](Cc1ccc(-c2ccccc2)c(Cl)c1)C[C@@H](O)C(=O)O. The molecule has 0 spiro atoms. The Kier molecular flexibility index (Phi) is 8.79. The van der Waals surface area contributed by atoms with Crippen molar-refractivity contribution in [1.29, 1.82) is 0 Å². The number of carbonyl (C=O) groups is 3. The molecule has 30 heavy (non-hydrogen) atoms. The Hall–Kier alpha value is -2.94. The Labute approximate surface area is 178 Å². The first kappa shape index (κ1) is 23.3. The van der Waals surface area contributed by atoms with Gasteiger partial charge in [-0.05, 0) is 23.6 Å². The Morgan fingerprint density at radius 1 is 1.10 bits per heavy atom. The number of amides is 2. The molecule has 0 aromatic heterocycles. The van der Waals surface area contributed by atoms with E-state index in [0.29, 0.717) is 10.6 Å². The number of aliphatic carboxylic acids is 1. The number of aliphatic hydroxyl groups is 1. The molecule has 0 heterocycles. The third-order valence-electron chi connectivity index (χ3n) is 4.31. The van der Waals surface area contributed by atoms with E-state index in [-0.39, 0.29) is 19.6 Å². The predicted octanol–water partition coefficient (Wildman–Crippen LogP) is 1.59. The third-order valence-corrected chi connectivity index (χ3v) is 4.62. The van der Waals surface area contributed by atoms with E-state index in [1.54, 1.807) is 12.1 Å². The summed E-state index contributed by atoms with van der Waals surface area (Å²) in [6, 6.07) is 14.1. The van der Waals surface area contributed by atoms with E-state index >= 15 is 0 Å². The van der Waals surface area contributed by atoms with Gasteiger partial charge in [0, 0.05) is 30.2 Å². The van der Waals surface area contributed by atoms with Gasteiger partial charge in [0.05, 0.1) is 0 Å². The minimum absolute atomic E-state index is 0.148. The van der Waals surface area contributed by atoms with Gasteiger partial charge in [0.15, 0.2) is 6.10 Å². The monoisotopic (exact) mass is 434 g/mol. The van der Waals surface area contributed by atoms with Crippen LogP contribution in [0.15, 0.2) is 48.5 Å². The molecule has 8 nitrogen and oxygen atoms in total. The predicted molar refractivity (Wildman–Crippen MR) is 111 cm³/mol. The van der Waals surface area contributed by atoms with E-state index in [9.17, 15) is 19.5 Å². The van der Waals surface area contributed by atoms with Crippen LogP contribution in [0.4, 0.5) is 0 Å². The zero-order valence-electron chi connectivity index (χ0n) is 16.3. The minimum Gasteiger partial charge on any atom is -0.479 e. The lowest BCUT2D eigenvalue weighted by Crippen LogP contribution is -2.47. The molecular weight excluding hydrogens is 412 g/mol. The first-order chi connectivity index (χ1) is 14.3. The summed E-state index contributed by atoms with van der Waals surface area (Å²) < 4.78 is 4.68. The fourth-order valence-corrected chi connectivity index (χ4v) is 3.17. The number of carboxylic acid groups (broad SMARTS) is 1. The Morgan fingerprint density at radius 3 is 2.40 bits per heavy atom. The lowest BCUT2D eigenvalue weighted by atomic mass is 9.97. The maximum Gasteiger partial charge on any atom is 0.332 e. The van der Waals surface area contributed by atoms with Crippen LogP contribution >= 0.6 is 11.6 Å². The van der Waals surface area contributed by atoms with Gasteiger partial charge in [-0.2, -0.15) is 0 Å². The second-order valence-electron chi connectivity index (χ2n) is 6.58. The highest BCUT2D eigenvalue weighted by atomic mass is 35.5. The molecule has 2 rings (SSSR count). The lowest BCUT2D eigenvalue weighted by molar-refractivity contribution is -0.147. The first-order valence-corrected chi connectivity index (χ1v) is 9.52. The molecule has 0 unspecified atom stereocenters. The van der Waals surface area contributed by atoms with Gasteiger partial charge in [0.1, 0.15) is 6.73 Å². The number of methoxy groups -OCH3 is 1. The average molecular weight is 435 g/mol. The molecule has 0 saturated heterocycles. The molecule has 0 aliphatic rings. The van der Waals surface area contributed by atoms with Crippen LogP contribution < -0.4 is 10.6 Å². The number of halogens is 1. The smallest absolute Gasteiger partial charge is 0.332 e. The van der Waals surface area contributed by atoms with Crippen LogP contribution in [0.5, 0.6) is 0 Å². The van der Waals surface area contributed by atoms with Crippen LogP contribution in [-0.4, -0.2) is 54.0 Å². The highest BCUT2D eigenvalue weighted by molar-refractivity contribution is 6.35. The van der Waals surface area contributed by atoms with Gasteiger partial charge in [-0.15, -0.1) is 0 Å². The number of hydrogen-bond donors (Lipinski definition) is 4. The number of carboxylic acids is 1. The van der Waals surface area contributed by atoms with Crippen molar-refractivity contribution < 1.29 is 29.3 Å². The van der Waals surface area contributed by atoms with Crippen molar-refractivity contribution in [2.45, 2.75) is 25.0 Å². The zero-order chi connectivity index (χ0) is 22.1. The number of aliphatic hydroxyl groups excluding tert-OH is 1. The quantitative estimate of drug-likeness (QED) is 0.351. The molecule has 4 N–H and O–H groups in total. The number of rotatable bonds is 9. The van der Waals surface area contributed by atoms with E-state index < -0.39 is 29.9 Å². The van der Waals surface area contributed by atoms with Gasteiger partial charge in [0.2, 0.25) is 0 Å². The Morgan fingerprint density at radius 2 is 1.80 bits per heavy atom. The molecule has 160 valence electrons. The van der Waals surface area contributed by atoms with Gasteiger partial charge >= 0.3 is 17.8 Å². The van der Waals surface area contributed by atoms with Crippen molar-refractivity contribution in [2.24, 2.45) is 0 Å². The van der Waals surface area contributed by atoms with Crippen molar-refractivity contribution >= 4 is 29.4 Å². The van der Waals surface area contributed by atoms with Crippen LogP contribution in [0.3, 0.4) is 0 Å². The van der Waals surface area contributed by atoms with Crippen molar-refractivity contribution in [3.63, 3.8) is 0 Å². The van der Waals surface area contributed by atoms with E-state index in [0.717, 1.165) is 11.1 Å². The van der Waals surface area contributed by atoms with Crippen LogP contribution in [0.2, 0.25) is 5.02 Å². The van der Waals surface area contributed by atoms with Crippen molar-refractivity contribution in [1.82, 2.24) is 10.6 Å². The fraction of sp³-hybridized carbons (Fsp3) is 0.286. The van der Waals surface area contributed by atoms with Crippen molar-refractivity contribution in [3.05, 3.63) is 59.1 Å². The summed E-state index contributed by atoms with van der Waals surface area (Å²) in [5.41, 5.74) is 2.47. The molecule has 0 radical (unpaired) electrons. The summed E-state index contributed by atoms with van der Waals surface area (Å²) in [4.78, 5) is 34.9. The van der Waals surface area contributed by atoms with Gasteiger partial charge < -0.3 is 25.6 Å². The summed E-state index contributed by atoms with van der Waals surface area (Å²) in [6.45, 7) is -0.148. The van der Waals surface area contributed by atoms with Gasteiger partial charge in [-0.3, -0.25) is 9.59 Å². The Balaban J connectivity index is 2.16. The molecule has 0 bridgehead atoms. The molecule has 9 heteroatoms. The molecule has 2 atom stereocenters. The summed E-state index contributed by atoms with van der Waals surface area (Å²) in [7, 11) is 1.35. The van der Waals surface area contributed by atoms with Crippen LogP contribution in [0, 0.1) is 0 Å². The van der Waals surface area contributed by atoms with Gasteiger partial charge in [0.25, 0.3) is 0 Å². The molecule has 0 fully saturated rings. The maximum absolute atomic E-state index is 12.1. The number of carbonyl (C=O) groups excluding carboxylic acids is 2. The van der Waals surface area contributed by atoms with Gasteiger partial charge in [-0.1, -0.05) is 54.1 Å². The highest BCUT2D eigenvalue weighted by Crippen LogP contribution is 2.29. The summed E-state index contributed by atoms with van der Waals surface area (Å²) in [5.74, 6) is -3.30. The Bertz CT molecular complexity index is 890. The number of benzene rings is 2. The molecule has 0 aliphatic carbocycles. The second kappa shape index (κ2) is 11.3. The topological polar surface area (TPSA) is 125 Å². The van der Waals surface area contributed by atoms with Crippen molar-refractivity contribution in [2.75, 3.05) is 13.8 Å². The van der Waals surface area contributed by atoms with E-state index in [1.807, 2.05) is 36.4 Å². The van der Waals surface area contributed by atoms with Crippen LogP contribution in [0.25, 0.3) is 11.1 Å². The number of ether oxygens (including phenoxy) is 1. The van der Waals surface area contributed by atoms with E-state index in [1.165, 1.54) is 7.11 Å². The standard InChI is InChI=1S/C21H23ClN2O6/c1-30-12-23-19(26)20(27)24-15(11-18(25)21(28)29)9-13-7-8-16(17(22)10-13)14-5-3-2-4-6-14/h2-8,10,15,18,25H,9,11-12H2,1H3,(H,23,26)(H,24,27)(H,28,29)/t15-,18-/m1/s1. The summed E-state index contributed by atoms with van der Waals surface area (Å²) in [5, 5.41) is 23.9. The molecule has 2 aromatic rings. The van der Waals surface area contributed by atoms with E-state index in [2.05, 4.69) is 15.4 Å². The normalized spacial score (nSPS) is 12.6. The van der Waals surface area contributed by atoms with Crippen LogP contribution in [-0.2, 0) is 25.5 Å². The molecule has 0 saturated carbocycles. The summed E-state index contributed by atoms with van der Waals surface area (Å²) >= 11 is 6.41.